The van der Waals surface area contributed by atoms with Gasteiger partial charge in [-0.05, 0) is 50.5 Å². The molecule has 1 aromatic heterocycles. The molecular weight excluding hydrogens is 330 g/mol. The van der Waals surface area contributed by atoms with Crippen molar-refractivity contribution in [2.75, 3.05) is 20.2 Å². The number of rotatable bonds is 5. The number of aromatic nitrogens is 2. The van der Waals surface area contributed by atoms with Crippen molar-refractivity contribution in [2.45, 2.75) is 39.2 Å². The molecule has 0 radical (unpaired) electrons. The number of hydrogen-bond donors (Lipinski definition) is 0. The van der Waals surface area contributed by atoms with Crippen molar-refractivity contribution in [1.82, 2.24) is 14.9 Å². The molecule has 0 N–H and O–H groups in total. The van der Waals surface area contributed by atoms with Gasteiger partial charge in [-0.3, -0.25) is 4.79 Å². The SMILES string of the molecule is COc1cccc(CC(=O)N2CCC[C@@H](Oc3nc(C)cc(C)n3)C2)c1. The molecule has 0 aliphatic carbocycles. The predicted octanol–water partition coefficient (Wildman–Crippen LogP) is 2.71. The van der Waals surface area contributed by atoms with Crippen LogP contribution in [-0.2, 0) is 11.2 Å². The Morgan fingerprint density at radius 1 is 1.23 bits per heavy atom. The predicted molar refractivity (Wildman–Crippen MR) is 98.4 cm³/mol. The molecule has 26 heavy (non-hydrogen) atoms. The largest absolute Gasteiger partial charge is 0.497 e. The lowest BCUT2D eigenvalue weighted by molar-refractivity contribution is -0.133. The lowest BCUT2D eigenvalue weighted by atomic mass is 10.1. The summed E-state index contributed by atoms with van der Waals surface area (Å²) in [5.41, 5.74) is 2.72. The zero-order chi connectivity index (χ0) is 18.5. The zero-order valence-electron chi connectivity index (χ0n) is 15.6. The molecule has 2 heterocycles. The molecule has 138 valence electrons. The van der Waals surface area contributed by atoms with Crippen LogP contribution in [0, 0.1) is 13.8 Å². The van der Waals surface area contributed by atoms with Gasteiger partial charge in [0.2, 0.25) is 5.91 Å². The molecule has 1 aliphatic rings. The Bertz CT molecular complexity index is 758. The van der Waals surface area contributed by atoms with Gasteiger partial charge >= 0.3 is 6.01 Å². The van der Waals surface area contributed by atoms with E-state index in [9.17, 15) is 4.79 Å². The lowest BCUT2D eigenvalue weighted by Crippen LogP contribution is -2.45. The minimum atomic E-state index is -0.0702. The highest BCUT2D eigenvalue weighted by molar-refractivity contribution is 5.79. The maximum Gasteiger partial charge on any atom is 0.317 e. The van der Waals surface area contributed by atoms with E-state index in [2.05, 4.69) is 9.97 Å². The van der Waals surface area contributed by atoms with Crippen molar-refractivity contribution in [2.24, 2.45) is 0 Å². The monoisotopic (exact) mass is 355 g/mol. The van der Waals surface area contributed by atoms with Gasteiger partial charge in [0.05, 0.1) is 20.1 Å². The van der Waals surface area contributed by atoms with Crippen LogP contribution in [0.5, 0.6) is 11.8 Å². The van der Waals surface area contributed by atoms with E-state index in [4.69, 9.17) is 9.47 Å². The van der Waals surface area contributed by atoms with Crippen LogP contribution in [-0.4, -0.2) is 47.1 Å². The maximum absolute atomic E-state index is 12.7. The number of carbonyl (C=O) groups is 1. The van der Waals surface area contributed by atoms with Crippen LogP contribution in [0.2, 0.25) is 0 Å². The third-order valence-corrected chi connectivity index (χ3v) is 4.45. The summed E-state index contributed by atoms with van der Waals surface area (Å²) in [4.78, 5) is 23.2. The van der Waals surface area contributed by atoms with Gasteiger partial charge < -0.3 is 14.4 Å². The summed E-state index contributed by atoms with van der Waals surface area (Å²) in [6.07, 6.45) is 2.11. The number of carbonyl (C=O) groups excluding carboxylic acids is 1. The minimum absolute atomic E-state index is 0.0702. The molecule has 1 atom stereocenters. The van der Waals surface area contributed by atoms with Crippen LogP contribution in [0.25, 0.3) is 0 Å². The highest BCUT2D eigenvalue weighted by Crippen LogP contribution is 2.18. The Kier molecular flexibility index (Phi) is 5.71. The summed E-state index contributed by atoms with van der Waals surface area (Å²) < 4.78 is 11.2. The molecule has 1 aromatic carbocycles. The van der Waals surface area contributed by atoms with Gasteiger partial charge in [0, 0.05) is 17.9 Å². The van der Waals surface area contributed by atoms with Crippen molar-refractivity contribution in [3.05, 3.63) is 47.3 Å². The summed E-state index contributed by atoms with van der Waals surface area (Å²) in [7, 11) is 1.63. The molecule has 2 aromatic rings. The second-order valence-corrected chi connectivity index (χ2v) is 6.68. The molecule has 6 nitrogen and oxygen atoms in total. The fourth-order valence-electron chi connectivity index (χ4n) is 3.23. The molecule has 1 fully saturated rings. The molecule has 0 saturated carbocycles. The van der Waals surface area contributed by atoms with E-state index in [1.807, 2.05) is 49.1 Å². The first-order valence-corrected chi connectivity index (χ1v) is 8.93. The van der Waals surface area contributed by atoms with E-state index in [-0.39, 0.29) is 12.0 Å². The van der Waals surface area contributed by atoms with Gasteiger partial charge in [0.1, 0.15) is 11.9 Å². The summed E-state index contributed by atoms with van der Waals surface area (Å²) in [6.45, 7) is 5.17. The van der Waals surface area contributed by atoms with Crippen molar-refractivity contribution in [3.8, 4) is 11.8 Å². The summed E-state index contributed by atoms with van der Waals surface area (Å²) in [5.74, 6) is 0.870. The molecule has 1 aliphatic heterocycles. The average Bonchev–Trinajstić information content (AvgIpc) is 2.61. The van der Waals surface area contributed by atoms with Gasteiger partial charge in [0.15, 0.2) is 0 Å². The van der Waals surface area contributed by atoms with E-state index in [1.54, 1.807) is 7.11 Å². The number of aryl methyl sites for hydroxylation is 2. The molecule has 6 heteroatoms. The smallest absolute Gasteiger partial charge is 0.317 e. The van der Waals surface area contributed by atoms with Crippen molar-refractivity contribution < 1.29 is 14.3 Å². The van der Waals surface area contributed by atoms with Crippen molar-refractivity contribution >= 4 is 5.91 Å². The third-order valence-electron chi connectivity index (χ3n) is 4.45. The van der Waals surface area contributed by atoms with Crippen LogP contribution in [0.15, 0.2) is 30.3 Å². The van der Waals surface area contributed by atoms with Gasteiger partial charge in [-0.1, -0.05) is 12.1 Å². The Hall–Kier alpha value is -2.63. The Morgan fingerprint density at radius 2 is 2.00 bits per heavy atom. The van der Waals surface area contributed by atoms with Gasteiger partial charge in [0.25, 0.3) is 0 Å². The number of methoxy groups -OCH3 is 1. The average molecular weight is 355 g/mol. The van der Waals surface area contributed by atoms with Crippen LogP contribution < -0.4 is 9.47 Å². The van der Waals surface area contributed by atoms with Crippen molar-refractivity contribution in [3.63, 3.8) is 0 Å². The van der Waals surface area contributed by atoms with Crippen LogP contribution in [0.4, 0.5) is 0 Å². The first-order valence-electron chi connectivity index (χ1n) is 8.93. The van der Waals surface area contributed by atoms with E-state index in [0.717, 1.165) is 42.1 Å². The number of ether oxygens (including phenoxy) is 2. The third kappa shape index (κ3) is 4.71. The molecule has 3 rings (SSSR count). The molecule has 1 saturated heterocycles. The van der Waals surface area contributed by atoms with Crippen molar-refractivity contribution in [1.29, 1.82) is 0 Å². The number of benzene rings is 1. The standard InChI is InChI=1S/C20H25N3O3/c1-14-10-15(2)22-20(21-14)26-18-8-5-9-23(13-18)19(24)12-16-6-4-7-17(11-16)25-3/h4,6-7,10-11,18H,5,8-9,12-13H2,1-3H3/t18-/m1/s1. The topological polar surface area (TPSA) is 64.5 Å². The number of likely N-dealkylation sites (tertiary alicyclic amines) is 1. The molecule has 0 unspecified atom stereocenters. The molecular formula is C20H25N3O3. The van der Waals surface area contributed by atoms with Gasteiger partial charge in [-0.25, -0.2) is 9.97 Å². The van der Waals surface area contributed by atoms with E-state index in [1.165, 1.54) is 0 Å². The van der Waals surface area contributed by atoms with Crippen LogP contribution in [0.1, 0.15) is 29.8 Å². The van der Waals surface area contributed by atoms with Gasteiger partial charge in [-0.15, -0.1) is 0 Å². The van der Waals surface area contributed by atoms with Gasteiger partial charge in [-0.2, -0.15) is 0 Å². The van der Waals surface area contributed by atoms with E-state index >= 15 is 0 Å². The summed E-state index contributed by atoms with van der Waals surface area (Å²) in [6, 6.07) is 9.94. The Labute approximate surface area is 154 Å². The first kappa shape index (κ1) is 18.2. The summed E-state index contributed by atoms with van der Waals surface area (Å²) >= 11 is 0. The fraction of sp³-hybridized carbons (Fsp3) is 0.450. The fourth-order valence-corrected chi connectivity index (χ4v) is 3.23. The van der Waals surface area contributed by atoms with Crippen LogP contribution in [0.3, 0.4) is 0 Å². The van der Waals surface area contributed by atoms with Crippen LogP contribution >= 0.6 is 0 Å². The quantitative estimate of drug-likeness (QED) is 0.825. The highest BCUT2D eigenvalue weighted by atomic mass is 16.5. The Morgan fingerprint density at radius 3 is 2.73 bits per heavy atom. The van der Waals surface area contributed by atoms with E-state index in [0.29, 0.717) is 19.0 Å². The Balaban J connectivity index is 1.61. The zero-order valence-corrected chi connectivity index (χ0v) is 15.6. The normalized spacial score (nSPS) is 17.0. The second-order valence-electron chi connectivity index (χ2n) is 6.68. The highest BCUT2D eigenvalue weighted by Gasteiger charge is 2.25. The number of nitrogens with zero attached hydrogens (tertiary/aromatic N) is 3. The number of piperidine rings is 1. The number of hydrogen-bond acceptors (Lipinski definition) is 5. The van der Waals surface area contributed by atoms with E-state index < -0.39 is 0 Å². The summed E-state index contributed by atoms with van der Waals surface area (Å²) in [5, 5.41) is 0. The molecule has 0 bridgehead atoms. The maximum atomic E-state index is 12.7. The first-order chi connectivity index (χ1) is 12.5. The minimum Gasteiger partial charge on any atom is -0.497 e. The molecule has 1 amide bonds. The lowest BCUT2D eigenvalue weighted by Gasteiger charge is -2.32. The second kappa shape index (κ2) is 8.17. The molecule has 0 spiro atoms. The number of amides is 1.